The van der Waals surface area contributed by atoms with Gasteiger partial charge in [-0.1, -0.05) is 12.1 Å². The number of benzene rings is 1. The molecule has 0 amide bonds. The number of thiocarbonyl (C=S) groups is 1. The first-order valence-corrected chi connectivity index (χ1v) is 11.3. The summed E-state index contributed by atoms with van der Waals surface area (Å²) in [6, 6.07) is 6.77. The molecule has 2 fully saturated rings. The van der Waals surface area contributed by atoms with Crippen molar-refractivity contribution in [2.75, 3.05) is 39.3 Å². The highest BCUT2D eigenvalue weighted by Gasteiger charge is 2.25. The predicted octanol–water partition coefficient (Wildman–Crippen LogP) is 0.648. The molecule has 2 aliphatic heterocycles. The first-order valence-electron chi connectivity index (χ1n) is 9.48. The molecule has 3 rings (SSSR count). The third-order valence-electron chi connectivity index (χ3n) is 4.83. The van der Waals surface area contributed by atoms with Crippen molar-refractivity contribution >= 4 is 33.1 Å². The zero-order valence-corrected chi connectivity index (χ0v) is 17.6. The quantitative estimate of drug-likeness (QED) is 0.350. The number of sulfonamides is 1. The molecule has 0 bridgehead atoms. The molecule has 154 valence electrons. The van der Waals surface area contributed by atoms with Crippen molar-refractivity contribution < 1.29 is 13.2 Å². The van der Waals surface area contributed by atoms with Crippen LogP contribution in [-0.2, 0) is 14.8 Å². The van der Waals surface area contributed by atoms with Crippen molar-refractivity contribution in [1.82, 2.24) is 20.4 Å². The minimum Gasteiger partial charge on any atom is -0.376 e. The second kappa shape index (κ2) is 9.75. The highest BCUT2D eigenvalue weighted by atomic mass is 32.2. The van der Waals surface area contributed by atoms with Gasteiger partial charge in [-0.25, -0.2) is 8.42 Å². The molecule has 2 aliphatic rings. The molecule has 2 heterocycles. The predicted molar refractivity (Wildman–Crippen MR) is 113 cm³/mol. The van der Waals surface area contributed by atoms with Crippen molar-refractivity contribution in [3.63, 3.8) is 0 Å². The van der Waals surface area contributed by atoms with Crippen molar-refractivity contribution in [3.05, 3.63) is 29.8 Å². The zero-order valence-electron chi connectivity index (χ0n) is 16.0. The SMILES string of the molecule is C/C(=N/NC(=S)NC[C@@H]1CCCO1)c1ccc(S(=O)(=O)N2CCNCC2)cc1. The van der Waals surface area contributed by atoms with Crippen LogP contribution in [0.4, 0.5) is 0 Å². The normalized spacial score (nSPS) is 21.5. The lowest BCUT2D eigenvalue weighted by Crippen LogP contribution is -2.46. The number of hydrogen-bond acceptors (Lipinski definition) is 6. The molecule has 3 N–H and O–H groups in total. The fraction of sp³-hybridized carbons (Fsp3) is 0.556. The molecule has 0 spiro atoms. The highest BCUT2D eigenvalue weighted by molar-refractivity contribution is 7.89. The van der Waals surface area contributed by atoms with Crippen molar-refractivity contribution in [3.8, 4) is 0 Å². The molecule has 10 heteroatoms. The van der Waals surface area contributed by atoms with Crippen LogP contribution in [0.25, 0.3) is 0 Å². The molecule has 0 unspecified atom stereocenters. The van der Waals surface area contributed by atoms with Gasteiger partial charge in [0.2, 0.25) is 10.0 Å². The molecule has 0 aromatic heterocycles. The maximum absolute atomic E-state index is 12.7. The van der Waals surface area contributed by atoms with Crippen molar-refractivity contribution in [1.29, 1.82) is 0 Å². The Labute approximate surface area is 171 Å². The summed E-state index contributed by atoms with van der Waals surface area (Å²) in [6.07, 6.45) is 2.33. The highest BCUT2D eigenvalue weighted by Crippen LogP contribution is 2.17. The first-order chi connectivity index (χ1) is 13.5. The van der Waals surface area contributed by atoms with E-state index in [1.807, 2.05) is 6.92 Å². The molecule has 0 aliphatic carbocycles. The zero-order chi connectivity index (χ0) is 20.0. The minimum atomic E-state index is -3.45. The van der Waals surface area contributed by atoms with Crippen LogP contribution < -0.4 is 16.1 Å². The monoisotopic (exact) mass is 425 g/mol. The lowest BCUT2D eigenvalue weighted by molar-refractivity contribution is 0.114. The van der Waals surface area contributed by atoms with E-state index in [1.54, 1.807) is 24.3 Å². The van der Waals surface area contributed by atoms with Gasteiger partial charge in [-0.2, -0.15) is 9.41 Å². The minimum absolute atomic E-state index is 0.204. The molecule has 8 nitrogen and oxygen atoms in total. The largest absolute Gasteiger partial charge is 0.376 e. The van der Waals surface area contributed by atoms with E-state index in [4.69, 9.17) is 17.0 Å². The second-order valence-corrected chi connectivity index (χ2v) is 9.18. The van der Waals surface area contributed by atoms with Crippen LogP contribution >= 0.6 is 12.2 Å². The molecular formula is C18H27N5O3S2. The molecule has 0 radical (unpaired) electrons. The Hall–Kier alpha value is -1.59. The number of nitrogens with one attached hydrogen (secondary N) is 3. The molecule has 1 atom stereocenters. The van der Waals surface area contributed by atoms with Gasteiger partial charge in [0.05, 0.1) is 16.7 Å². The van der Waals surface area contributed by atoms with Crippen molar-refractivity contribution in [2.24, 2.45) is 5.10 Å². The van der Waals surface area contributed by atoms with E-state index in [0.717, 1.165) is 25.0 Å². The van der Waals surface area contributed by atoms with Crippen LogP contribution in [0.2, 0.25) is 0 Å². The van der Waals surface area contributed by atoms with Gasteiger partial charge < -0.3 is 15.4 Å². The Bertz CT molecular complexity index is 799. The first kappa shape index (κ1) is 21.1. The Morgan fingerprint density at radius 3 is 2.68 bits per heavy atom. The Morgan fingerprint density at radius 1 is 1.32 bits per heavy atom. The van der Waals surface area contributed by atoms with Crippen LogP contribution in [0.15, 0.2) is 34.3 Å². The summed E-state index contributed by atoms with van der Waals surface area (Å²) in [6.45, 7) is 5.65. The summed E-state index contributed by atoms with van der Waals surface area (Å²) in [7, 11) is -3.45. The van der Waals surface area contributed by atoms with Crippen LogP contribution in [-0.4, -0.2) is 69.0 Å². The summed E-state index contributed by atoms with van der Waals surface area (Å²) >= 11 is 5.22. The van der Waals surface area contributed by atoms with E-state index in [0.29, 0.717) is 48.4 Å². The summed E-state index contributed by atoms with van der Waals surface area (Å²) < 4.78 is 32.4. The van der Waals surface area contributed by atoms with Gasteiger partial charge in [0, 0.05) is 39.3 Å². The van der Waals surface area contributed by atoms with E-state index in [-0.39, 0.29) is 6.10 Å². The Balaban J connectivity index is 1.55. The maximum Gasteiger partial charge on any atom is 0.243 e. The number of rotatable bonds is 6. The van der Waals surface area contributed by atoms with Gasteiger partial charge in [0.25, 0.3) is 0 Å². The molecule has 1 aromatic rings. The molecule has 1 aromatic carbocycles. The number of nitrogens with zero attached hydrogens (tertiary/aromatic N) is 2. The maximum atomic E-state index is 12.7. The lowest BCUT2D eigenvalue weighted by atomic mass is 10.1. The van der Waals surface area contributed by atoms with E-state index in [1.165, 1.54) is 4.31 Å². The summed E-state index contributed by atoms with van der Waals surface area (Å²) in [5.41, 5.74) is 4.36. The standard InChI is InChI=1S/C18H27N5O3S2/c1-14(21-22-18(27)20-13-16-3-2-12-26-16)15-4-6-17(7-5-15)28(24,25)23-10-8-19-9-11-23/h4-7,16,19H,2-3,8-13H2,1H3,(H2,20,22,27)/b21-14-/t16-/m0/s1. The number of hydrazone groups is 1. The van der Waals surface area contributed by atoms with E-state index >= 15 is 0 Å². The smallest absolute Gasteiger partial charge is 0.243 e. The van der Waals surface area contributed by atoms with Crippen LogP contribution in [0, 0.1) is 0 Å². The van der Waals surface area contributed by atoms with Gasteiger partial charge >= 0.3 is 0 Å². The summed E-state index contributed by atoms with van der Waals surface area (Å²) in [5, 5.41) is 11.0. The van der Waals surface area contributed by atoms with Crippen LogP contribution in [0.3, 0.4) is 0 Å². The Morgan fingerprint density at radius 2 is 2.04 bits per heavy atom. The average molecular weight is 426 g/mol. The van der Waals surface area contributed by atoms with E-state index < -0.39 is 10.0 Å². The summed E-state index contributed by atoms with van der Waals surface area (Å²) in [4.78, 5) is 0.299. The number of hydrogen-bond donors (Lipinski definition) is 3. The van der Waals surface area contributed by atoms with E-state index in [9.17, 15) is 8.42 Å². The topological polar surface area (TPSA) is 95.1 Å². The van der Waals surface area contributed by atoms with E-state index in [2.05, 4.69) is 21.2 Å². The fourth-order valence-electron chi connectivity index (χ4n) is 3.15. The van der Waals surface area contributed by atoms with Gasteiger partial charge in [-0.05, 0) is 49.7 Å². The molecular weight excluding hydrogens is 398 g/mol. The summed E-state index contributed by atoms with van der Waals surface area (Å²) in [5.74, 6) is 0. The fourth-order valence-corrected chi connectivity index (χ4v) is 4.72. The molecule has 0 saturated carbocycles. The van der Waals surface area contributed by atoms with Gasteiger partial charge in [-0.15, -0.1) is 0 Å². The third-order valence-corrected chi connectivity index (χ3v) is 6.97. The van der Waals surface area contributed by atoms with Gasteiger partial charge in [-0.3, -0.25) is 5.43 Å². The molecule has 28 heavy (non-hydrogen) atoms. The van der Waals surface area contributed by atoms with Crippen molar-refractivity contribution in [2.45, 2.75) is 30.8 Å². The lowest BCUT2D eigenvalue weighted by Gasteiger charge is -2.26. The number of ether oxygens (including phenoxy) is 1. The average Bonchev–Trinajstić information content (AvgIpc) is 3.25. The second-order valence-electron chi connectivity index (χ2n) is 6.83. The Kier molecular flexibility index (Phi) is 7.36. The van der Waals surface area contributed by atoms with Gasteiger partial charge in [0.15, 0.2) is 5.11 Å². The van der Waals surface area contributed by atoms with Crippen LogP contribution in [0.1, 0.15) is 25.3 Å². The molecule has 2 saturated heterocycles. The third kappa shape index (κ3) is 5.48. The van der Waals surface area contributed by atoms with Gasteiger partial charge in [0.1, 0.15) is 0 Å². The van der Waals surface area contributed by atoms with Crippen LogP contribution in [0.5, 0.6) is 0 Å². The number of piperazine rings is 1.